The summed E-state index contributed by atoms with van der Waals surface area (Å²) in [6, 6.07) is 12.0. The smallest absolute Gasteiger partial charge is 0.339 e. The molecule has 0 unspecified atom stereocenters. The van der Waals surface area contributed by atoms with Crippen molar-refractivity contribution in [3.8, 4) is 11.6 Å². The average molecular weight is 456 g/mol. The SMILES string of the molecule is O=C1O[C@]2(CCN(C(=O)c3ccc(Oc4nccnc4Cl)cc3Cl)C2)c2ccccc21. The van der Waals surface area contributed by atoms with E-state index in [2.05, 4.69) is 9.97 Å². The molecule has 3 aromatic rings. The minimum absolute atomic E-state index is 0.118. The molecule has 2 aliphatic heterocycles. The molecule has 5 rings (SSSR count). The standard InChI is InChI=1S/C22H15Cl2N3O4/c23-17-11-13(30-19-18(24)25-8-9-26-19)5-6-15(17)20(28)27-10-7-22(12-27)16-4-2-1-3-14(16)21(29)31-22/h1-6,8-9,11H,7,10,12H2/t22-/m0/s1. The molecule has 0 saturated carbocycles. The van der Waals surface area contributed by atoms with Gasteiger partial charge in [0.1, 0.15) is 5.75 Å². The summed E-state index contributed by atoms with van der Waals surface area (Å²) in [6.45, 7) is 0.725. The quantitative estimate of drug-likeness (QED) is 0.541. The maximum absolute atomic E-state index is 13.1. The average Bonchev–Trinajstić information content (AvgIpc) is 3.31. The van der Waals surface area contributed by atoms with E-state index in [1.165, 1.54) is 18.5 Å². The van der Waals surface area contributed by atoms with Gasteiger partial charge in [-0.3, -0.25) is 4.79 Å². The highest BCUT2D eigenvalue weighted by atomic mass is 35.5. The number of esters is 1. The summed E-state index contributed by atoms with van der Waals surface area (Å²) in [4.78, 5) is 35.0. The van der Waals surface area contributed by atoms with Gasteiger partial charge in [-0.2, -0.15) is 0 Å². The third kappa shape index (κ3) is 3.40. The summed E-state index contributed by atoms with van der Waals surface area (Å²) in [5, 5.41) is 0.347. The molecular weight excluding hydrogens is 441 g/mol. The molecule has 1 spiro atoms. The molecule has 1 atom stereocenters. The second kappa shape index (κ2) is 7.51. The monoisotopic (exact) mass is 455 g/mol. The number of halogens is 2. The van der Waals surface area contributed by atoms with Crippen LogP contribution in [-0.4, -0.2) is 39.8 Å². The first-order chi connectivity index (χ1) is 15.0. The molecule has 1 aromatic heterocycles. The van der Waals surface area contributed by atoms with Crippen LogP contribution in [-0.2, 0) is 10.3 Å². The topological polar surface area (TPSA) is 81.6 Å². The molecule has 2 aliphatic rings. The summed E-state index contributed by atoms with van der Waals surface area (Å²) in [5.74, 6) is -0.0819. The molecule has 31 heavy (non-hydrogen) atoms. The number of hydrogen-bond donors (Lipinski definition) is 0. The van der Waals surface area contributed by atoms with Gasteiger partial charge in [-0.05, 0) is 18.2 Å². The van der Waals surface area contributed by atoms with Crippen LogP contribution in [0.15, 0.2) is 54.9 Å². The highest BCUT2D eigenvalue weighted by Crippen LogP contribution is 2.43. The first-order valence-electron chi connectivity index (χ1n) is 9.53. The normalized spacial score (nSPS) is 19.4. The van der Waals surface area contributed by atoms with Crippen LogP contribution in [0.5, 0.6) is 11.6 Å². The van der Waals surface area contributed by atoms with E-state index in [4.69, 9.17) is 32.7 Å². The maximum atomic E-state index is 13.1. The Morgan fingerprint density at radius 3 is 2.74 bits per heavy atom. The third-order valence-electron chi connectivity index (χ3n) is 5.45. The number of aromatic nitrogens is 2. The van der Waals surface area contributed by atoms with Gasteiger partial charge in [0.15, 0.2) is 10.8 Å². The number of carbonyl (C=O) groups excluding carboxylic acids is 2. The molecule has 2 aromatic carbocycles. The van der Waals surface area contributed by atoms with E-state index in [-0.39, 0.29) is 34.5 Å². The molecule has 1 amide bonds. The fraction of sp³-hybridized carbons (Fsp3) is 0.182. The van der Waals surface area contributed by atoms with Crippen LogP contribution < -0.4 is 4.74 Å². The van der Waals surface area contributed by atoms with E-state index < -0.39 is 5.60 Å². The molecule has 3 heterocycles. The van der Waals surface area contributed by atoms with Gasteiger partial charge in [0.25, 0.3) is 11.8 Å². The third-order valence-corrected chi connectivity index (χ3v) is 6.03. The predicted octanol–water partition coefficient (Wildman–Crippen LogP) is 4.49. The highest BCUT2D eigenvalue weighted by molar-refractivity contribution is 6.34. The van der Waals surface area contributed by atoms with Crippen molar-refractivity contribution in [3.63, 3.8) is 0 Å². The Kier molecular flexibility index (Phi) is 4.79. The van der Waals surface area contributed by atoms with Crippen molar-refractivity contribution >= 4 is 35.1 Å². The maximum Gasteiger partial charge on any atom is 0.339 e. The fourth-order valence-corrected chi connectivity index (χ4v) is 4.39. The second-order valence-corrected chi connectivity index (χ2v) is 8.07. The Hall–Kier alpha value is -3.16. The van der Waals surface area contributed by atoms with Gasteiger partial charge in [-0.15, -0.1) is 0 Å². The largest absolute Gasteiger partial charge is 0.449 e. The fourth-order valence-electron chi connectivity index (χ4n) is 4.00. The summed E-state index contributed by atoms with van der Waals surface area (Å²) in [5.41, 5.74) is 0.903. The van der Waals surface area contributed by atoms with Gasteiger partial charge in [-0.25, -0.2) is 14.8 Å². The van der Waals surface area contributed by atoms with Crippen LogP contribution in [0.25, 0.3) is 0 Å². The zero-order valence-corrected chi connectivity index (χ0v) is 17.6. The minimum Gasteiger partial charge on any atom is -0.449 e. The van der Waals surface area contributed by atoms with E-state index in [1.807, 2.05) is 12.1 Å². The van der Waals surface area contributed by atoms with Crippen LogP contribution >= 0.6 is 23.2 Å². The lowest BCUT2D eigenvalue weighted by molar-refractivity contribution is -0.00306. The van der Waals surface area contributed by atoms with Gasteiger partial charge in [0.05, 0.1) is 22.7 Å². The van der Waals surface area contributed by atoms with Gasteiger partial charge in [-0.1, -0.05) is 41.4 Å². The lowest BCUT2D eigenvalue weighted by Crippen LogP contribution is -2.34. The van der Waals surface area contributed by atoms with Crippen LogP contribution in [0, 0.1) is 0 Å². The Morgan fingerprint density at radius 1 is 1.13 bits per heavy atom. The first-order valence-corrected chi connectivity index (χ1v) is 10.3. The summed E-state index contributed by atoms with van der Waals surface area (Å²) < 4.78 is 11.3. The lowest BCUT2D eigenvalue weighted by atomic mass is 9.91. The van der Waals surface area contributed by atoms with Crippen molar-refractivity contribution in [2.75, 3.05) is 13.1 Å². The summed E-state index contributed by atoms with van der Waals surface area (Å²) >= 11 is 12.3. The van der Waals surface area contributed by atoms with Gasteiger partial charge in [0.2, 0.25) is 0 Å². The van der Waals surface area contributed by atoms with Crippen molar-refractivity contribution in [2.45, 2.75) is 12.0 Å². The lowest BCUT2D eigenvalue weighted by Gasteiger charge is -2.24. The molecule has 1 saturated heterocycles. The Morgan fingerprint density at radius 2 is 1.94 bits per heavy atom. The van der Waals surface area contributed by atoms with Crippen molar-refractivity contribution in [3.05, 3.63) is 81.7 Å². The van der Waals surface area contributed by atoms with E-state index in [1.54, 1.807) is 29.2 Å². The van der Waals surface area contributed by atoms with E-state index in [9.17, 15) is 9.59 Å². The predicted molar refractivity (Wildman–Crippen MR) is 113 cm³/mol. The first kappa shape index (κ1) is 19.8. The van der Waals surface area contributed by atoms with Crippen molar-refractivity contribution in [1.29, 1.82) is 0 Å². The van der Waals surface area contributed by atoms with Crippen molar-refractivity contribution in [2.24, 2.45) is 0 Å². The van der Waals surface area contributed by atoms with Crippen molar-refractivity contribution < 1.29 is 19.1 Å². The molecular formula is C22H15Cl2N3O4. The highest BCUT2D eigenvalue weighted by Gasteiger charge is 2.51. The van der Waals surface area contributed by atoms with E-state index in [0.29, 0.717) is 29.8 Å². The molecule has 156 valence electrons. The van der Waals surface area contributed by atoms with Crippen LogP contribution in [0.2, 0.25) is 10.2 Å². The summed E-state index contributed by atoms with van der Waals surface area (Å²) in [7, 11) is 0. The Labute approximate surface area is 187 Å². The zero-order valence-electron chi connectivity index (χ0n) is 16.0. The molecule has 7 nitrogen and oxygen atoms in total. The number of nitrogens with zero attached hydrogens (tertiary/aromatic N) is 3. The number of likely N-dealkylation sites (tertiary alicyclic amines) is 1. The van der Waals surface area contributed by atoms with Gasteiger partial charge >= 0.3 is 5.97 Å². The number of carbonyl (C=O) groups is 2. The Balaban J connectivity index is 1.36. The number of benzene rings is 2. The number of amides is 1. The number of fused-ring (bicyclic) bond motifs is 2. The summed E-state index contributed by atoms with van der Waals surface area (Å²) in [6.07, 6.45) is 3.44. The van der Waals surface area contributed by atoms with Crippen LogP contribution in [0.4, 0.5) is 0 Å². The zero-order chi connectivity index (χ0) is 21.6. The molecule has 0 radical (unpaired) electrons. The van der Waals surface area contributed by atoms with Gasteiger partial charge < -0.3 is 14.4 Å². The van der Waals surface area contributed by atoms with Crippen molar-refractivity contribution in [1.82, 2.24) is 14.9 Å². The number of hydrogen-bond acceptors (Lipinski definition) is 6. The number of rotatable bonds is 3. The molecule has 0 N–H and O–H groups in total. The van der Waals surface area contributed by atoms with E-state index >= 15 is 0 Å². The van der Waals surface area contributed by atoms with E-state index in [0.717, 1.165) is 5.56 Å². The molecule has 0 bridgehead atoms. The number of ether oxygens (including phenoxy) is 2. The van der Waals surface area contributed by atoms with Gasteiger partial charge in [0, 0.05) is 37.0 Å². The molecule has 9 heteroatoms. The minimum atomic E-state index is -0.804. The van der Waals surface area contributed by atoms with Crippen LogP contribution in [0.1, 0.15) is 32.7 Å². The Bertz CT molecular complexity index is 1220. The molecule has 1 fully saturated rings. The van der Waals surface area contributed by atoms with Crippen LogP contribution in [0.3, 0.4) is 0 Å². The second-order valence-electron chi connectivity index (χ2n) is 7.30. The molecule has 0 aliphatic carbocycles.